The quantitative estimate of drug-likeness (QED) is 0.461. The molecule has 2 aromatic heterocycles. The van der Waals surface area contributed by atoms with Crippen molar-refractivity contribution >= 4 is 34.7 Å². The van der Waals surface area contributed by atoms with E-state index >= 15 is 0 Å². The molecular formula is C13H15ClN4OS. The van der Waals surface area contributed by atoms with Gasteiger partial charge in [-0.2, -0.15) is 0 Å². The van der Waals surface area contributed by atoms with Gasteiger partial charge in [-0.3, -0.25) is 4.79 Å². The number of nitrogens with one attached hydrogen (secondary N) is 2. The van der Waals surface area contributed by atoms with Crippen LogP contribution >= 0.6 is 22.9 Å². The number of amides is 1. The largest absolute Gasteiger partial charge is 0.345 e. The maximum absolute atomic E-state index is 12.2. The number of hydrazine groups is 1. The van der Waals surface area contributed by atoms with Gasteiger partial charge in [0, 0.05) is 15.3 Å². The molecule has 0 fully saturated rings. The summed E-state index contributed by atoms with van der Waals surface area (Å²) >= 11 is 7.50. The summed E-state index contributed by atoms with van der Waals surface area (Å²) in [4.78, 5) is 18.4. The van der Waals surface area contributed by atoms with Crippen LogP contribution in [0, 0.1) is 6.92 Å². The van der Waals surface area contributed by atoms with Gasteiger partial charge in [-0.05, 0) is 38.1 Å². The van der Waals surface area contributed by atoms with Crippen molar-refractivity contribution in [1.82, 2.24) is 10.3 Å². The molecule has 1 amide bonds. The molecule has 106 valence electrons. The highest BCUT2D eigenvalue weighted by atomic mass is 35.5. The Morgan fingerprint density at radius 3 is 2.80 bits per heavy atom. The smallest absolute Gasteiger partial charge is 0.252 e. The summed E-state index contributed by atoms with van der Waals surface area (Å²) in [6.45, 7) is 3.97. The Morgan fingerprint density at radius 1 is 1.45 bits per heavy atom. The normalized spacial score (nSPS) is 12.0. The standard InChI is InChI=1S/C13H15ClN4OS/c1-7-3-4-10(20-7)8(2)16-13(19)9-5-11(14)17-12(6-9)18-15/h3-6,8H,15H2,1-2H3,(H,16,19)(H,17,18). The molecule has 1 unspecified atom stereocenters. The number of nitrogen functional groups attached to an aromatic ring is 1. The summed E-state index contributed by atoms with van der Waals surface area (Å²) in [6.07, 6.45) is 0. The molecule has 0 aliphatic heterocycles. The van der Waals surface area contributed by atoms with Gasteiger partial charge in [0.15, 0.2) is 0 Å². The van der Waals surface area contributed by atoms with Crippen molar-refractivity contribution in [2.45, 2.75) is 19.9 Å². The number of pyridine rings is 1. The van der Waals surface area contributed by atoms with E-state index in [1.165, 1.54) is 10.9 Å². The minimum atomic E-state index is -0.218. The molecule has 0 saturated heterocycles. The van der Waals surface area contributed by atoms with Crippen LogP contribution in [0.3, 0.4) is 0 Å². The topological polar surface area (TPSA) is 80.0 Å². The Kier molecular flexibility index (Phi) is 4.59. The average Bonchev–Trinajstić information content (AvgIpc) is 2.84. The minimum absolute atomic E-state index is 0.0672. The zero-order valence-corrected chi connectivity index (χ0v) is 12.7. The number of nitrogens with two attached hydrogens (primary N) is 1. The predicted octanol–water partition coefficient (Wildman–Crippen LogP) is 2.88. The van der Waals surface area contributed by atoms with Crippen molar-refractivity contribution in [1.29, 1.82) is 0 Å². The van der Waals surface area contributed by atoms with Crippen molar-refractivity contribution in [3.63, 3.8) is 0 Å². The molecule has 4 N–H and O–H groups in total. The lowest BCUT2D eigenvalue weighted by atomic mass is 10.2. The highest BCUT2D eigenvalue weighted by Crippen LogP contribution is 2.23. The van der Waals surface area contributed by atoms with Gasteiger partial charge in [0.1, 0.15) is 11.0 Å². The molecule has 0 aromatic carbocycles. The number of carbonyl (C=O) groups is 1. The van der Waals surface area contributed by atoms with E-state index in [-0.39, 0.29) is 17.1 Å². The van der Waals surface area contributed by atoms with E-state index in [1.54, 1.807) is 17.4 Å². The average molecular weight is 311 g/mol. The first-order chi connectivity index (χ1) is 9.49. The monoisotopic (exact) mass is 310 g/mol. The van der Waals surface area contributed by atoms with Crippen molar-refractivity contribution in [3.8, 4) is 0 Å². The van der Waals surface area contributed by atoms with E-state index in [1.807, 2.05) is 26.0 Å². The number of halogens is 1. The maximum Gasteiger partial charge on any atom is 0.252 e. The first-order valence-corrected chi connectivity index (χ1v) is 7.20. The fourth-order valence-corrected chi connectivity index (χ4v) is 2.83. The van der Waals surface area contributed by atoms with Crippen molar-refractivity contribution < 1.29 is 4.79 Å². The zero-order valence-electron chi connectivity index (χ0n) is 11.1. The van der Waals surface area contributed by atoms with Crippen LogP contribution in [0.5, 0.6) is 0 Å². The van der Waals surface area contributed by atoms with Gasteiger partial charge in [-0.25, -0.2) is 10.8 Å². The first kappa shape index (κ1) is 14.8. The number of hydrogen-bond acceptors (Lipinski definition) is 5. The third-order valence-corrected chi connectivity index (χ3v) is 4.12. The Labute approximate surface area is 126 Å². The van der Waals surface area contributed by atoms with E-state index in [0.29, 0.717) is 11.4 Å². The van der Waals surface area contributed by atoms with Gasteiger partial charge in [-0.15, -0.1) is 11.3 Å². The molecule has 0 saturated carbocycles. The van der Waals surface area contributed by atoms with Crippen molar-refractivity contribution in [2.24, 2.45) is 5.84 Å². The molecule has 2 rings (SSSR count). The number of rotatable bonds is 4. The number of aromatic nitrogens is 1. The van der Waals surface area contributed by atoms with E-state index in [2.05, 4.69) is 15.7 Å². The summed E-state index contributed by atoms with van der Waals surface area (Å²) in [5.41, 5.74) is 2.79. The van der Waals surface area contributed by atoms with E-state index < -0.39 is 0 Å². The highest BCUT2D eigenvalue weighted by Gasteiger charge is 2.14. The van der Waals surface area contributed by atoms with Gasteiger partial charge in [0.25, 0.3) is 5.91 Å². The van der Waals surface area contributed by atoms with Crippen LogP contribution in [0.4, 0.5) is 5.82 Å². The molecule has 0 bridgehead atoms. The number of nitrogens with zero attached hydrogens (tertiary/aromatic N) is 1. The van der Waals surface area contributed by atoms with E-state index in [9.17, 15) is 4.79 Å². The summed E-state index contributed by atoms with van der Waals surface area (Å²) < 4.78 is 0. The lowest BCUT2D eigenvalue weighted by Crippen LogP contribution is -2.26. The highest BCUT2D eigenvalue weighted by molar-refractivity contribution is 7.12. The Hall–Kier alpha value is -1.63. The first-order valence-electron chi connectivity index (χ1n) is 6.01. The number of aryl methyl sites for hydroxylation is 1. The van der Waals surface area contributed by atoms with Gasteiger partial charge in [-0.1, -0.05) is 11.6 Å². The van der Waals surface area contributed by atoms with Crippen LogP contribution in [0.2, 0.25) is 5.15 Å². The Balaban J connectivity index is 2.13. The molecule has 0 spiro atoms. The molecule has 0 aliphatic rings. The minimum Gasteiger partial charge on any atom is -0.345 e. The fraction of sp³-hybridized carbons (Fsp3) is 0.231. The predicted molar refractivity (Wildman–Crippen MR) is 82.0 cm³/mol. The van der Waals surface area contributed by atoms with E-state index in [4.69, 9.17) is 17.4 Å². The lowest BCUT2D eigenvalue weighted by molar-refractivity contribution is 0.0940. The van der Waals surface area contributed by atoms with E-state index in [0.717, 1.165) is 4.88 Å². The maximum atomic E-state index is 12.2. The van der Waals surface area contributed by atoms with Gasteiger partial charge in [0.2, 0.25) is 0 Å². The Morgan fingerprint density at radius 2 is 2.20 bits per heavy atom. The fourth-order valence-electron chi connectivity index (χ4n) is 1.74. The molecule has 1 atom stereocenters. The van der Waals surface area contributed by atoms with Crippen LogP contribution < -0.4 is 16.6 Å². The Bertz CT molecular complexity index is 629. The number of anilines is 1. The second kappa shape index (κ2) is 6.21. The van der Waals surface area contributed by atoms with Crippen LogP contribution in [-0.4, -0.2) is 10.9 Å². The summed E-state index contributed by atoms with van der Waals surface area (Å²) in [7, 11) is 0. The second-order valence-electron chi connectivity index (χ2n) is 4.35. The summed E-state index contributed by atoms with van der Waals surface area (Å²) in [5.74, 6) is 5.41. The zero-order chi connectivity index (χ0) is 14.7. The van der Waals surface area contributed by atoms with Crippen LogP contribution in [0.25, 0.3) is 0 Å². The van der Waals surface area contributed by atoms with Crippen molar-refractivity contribution in [2.75, 3.05) is 5.43 Å². The van der Waals surface area contributed by atoms with Crippen LogP contribution in [0.15, 0.2) is 24.3 Å². The SMILES string of the molecule is Cc1ccc(C(C)NC(=O)c2cc(Cl)nc(NN)c2)s1. The van der Waals surface area contributed by atoms with Crippen molar-refractivity contribution in [3.05, 3.63) is 44.7 Å². The van der Waals surface area contributed by atoms with Gasteiger partial charge < -0.3 is 10.7 Å². The molecule has 7 heteroatoms. The molecule has 0 radical (unpaired) electrons. The number of thiophene rings is 1. The third-order valence-electron chi connectivity index (χ3n) is 2.74. The summed E-state index contributed by atoms with van der Waals surface area (Å²) in [5, 5.41) is 3.13. The molecule has 5 nitrogen and oxygen atoms in total. The van der Waals surface area contributed by atoms with Gasteiger partial charge >= 0.3 is 0 Å². The molecule has 0 aliphatic carbocycles. The molecule has 2 heterocycles. The van der Waals surface area contributed by atoms with Crippen LogP contribution in [0.1, 0.15) is 33.1 Å². The number of hydrogen-bond donors (Lipinski definition) is 3. The summed E-state index contributed by atoms with van der Waals surface area (Å²) in [6, 6.07) is 7.03. The molecular weight excluding hydrogens is 296 g/mol. The van der Waals surface area contributed by atoms with Gasteiger partial charge in [0.05, 0.1) is 6.04 Å². The lowest BCUT2D eigenvalue weighted by Gasteiger charge is -2.13. The second-order valence-corrected chi connectivity index (χ2v) is 6.06. The molecule has 20 heavy (non-hydrogen) atoms. The third kappa shape index (κ3) is 3.47. The number of carbonyl (C=O) groups excluding carboxylic acids is 1. The van der Waals surface area contributed by atoms with Crippen LogP contribution in [-0.2, 0) is 0 Å². The molecule has 2 aromatic rings.